The summed E-state index contributed by atoms with van der Waals surface area (Å²) in [7, 11) is 0. The summed E-state index contributed by atoms with van der Waals surface area (Å²) in [6.07, 6.45) is 0.981. The van der Waals surface area contributed by atoms with Crippen molar-refractivity contribution in [2.45, 2.75) is 33.1 Å². The zero-order valence-electron chi connectivity index (χ0n) is 28.1. The summed E-state index contributed by atoms with van der Waals surface area (Å²) in [6, 6.07) is 12.1. The first kappa shape index (κ1) is 40.6. The topological polar surface area (TPSA) is 160 Å². The quantitative estimate of drug-likeness (QED) is 0.0443. The highest BCUT2D eigenvalue weighted by molar-refractivity contribution is 7.81. The second-order valence-corrected chi connectivity index (χ2v) is 12.3. The van der Waals surface area contributed by atoms with Crippen molar-refractivity contribution in [3.8, 4) is 0 Å². The van der Waals surface area contributed by atoms with Crippen LogP contribution in [0.3, 0.4) is 0 Å². The number of hydroxylamine groups is 2. The van der Waals surface area contributed by atoms with E-state index in [9.17, 15) is 24.0 Å². The normalized spacial score (nSPS) is 10.9. The molecule has 0 saturated carbocycles. The molecule has 3 aromatic rings. The molecule has 1 heterocycles. The first-order valence-electron chi connectivity index (χ1n) is 15.9. The first-order valence-corrected chi connectivity index (χ1v) is 17.3. The number of amides is 4. The third kappa shape index (κ3) is 12.2. The summed E-state index contributed by atoms with van der Waals surface area (Å²) in [6.45, 7) is 8.52. The van der Waals surface area contributed by atoms with Crippen molar-refractivity contribution < 1.29 is 33.0 Å². The maximum absolute atomic E-state index is 13.8. The van der Waals surface area contributed by atoms with E-state index in [1.165, 1.54) is 0 Å². The van der Waals surface area contributed by atoms with Crippen molar-refractivity contribution in [2.24, 2.45) is 0 Å². The van der Waals surface area contributed by atoms with Crippen molar-refractivity contribution in [3.05, 3.63) is 82.1 Å². The average Bonchev–Trinajstić information content (AvgIpc) is 3.37. The average molecular weight is 747 g/mol. The second-order valence-electron chi connectivity index (χ2n) is 11.3. The number of rotatable bonds is 20. The van der Waals surface area contributed by atoms with E-state index in [-0.39, 0.29) is 43.7 Å². The number of aromatic nitrogens is 1. The van der Waals surface area contributed by atoms with Crippen molar-refractivity contribution in [1.29, 1.82) is 0 Å². The Balaban J connectivity index is 1.76. The molecule has 0 saturated heterocycles. The predicted octanol–water partition coefficient (Wildman–Crippen LogP) is 2.93. The molecule has 3 rings (SSSR count). The third-order valence-electron chi connectivity index (χ3n) is 7.45. The van der Waals surface area contributed by atoms with Crippen molar-refractivity contribution in [1.82, 2.24) is 30.9 Å². The molecule has 0 bridgehead atoms. The molecular weight excluding hydrogens is 704 g/mol. The SMILES string of the molecule is C=C(CNC(=O)CS)NCC(=O)NCC(=O)N(OCCCNCCCOS)C(=O)Cc1c(C)n(C(=O)c2ccc(Cl)cc2)c2ccc(C)cc12. The summed E-state index contributed by atoms with van der Waals surface area (Å²) < 4.78 is 6.29. The number of hydrogen-bond acceptors (Lipinski definition) is 11. The van der Waals surface area contributed by atoms with Gasteiger partial charge in [0.15, 0.2) is 0 Å². The molecular formula is C34H43ClN6O7S2. The molecule has 0 aliphatic carbocycles. The zero-order valence-corrected chi connectivity index (χ0v) is 30.6. The van der Waals surface area contributed by atoms with Crippen LogP contribution in [-0.4, -0.2) is 90.9 Å². The Morgan fingerprint density at radius 2 is 1.56 bits per heavy atom. The number of aryl methyl sites for hydroxylation is 1. The van der Waals surface area contributed by atoms with Crippen LogP contribution in [0.1, 0.15) is 40.0 Å². The van der Waals surface area contributed by atoms with E-state index in [0.717, 1.165) is 12.0 Å². The van der Waals surface area contributed by atoms with Gasteiger partial charge in [0, 0.05) is 27.4 Å². The highest BCUT2D eigenvalue weighted by Crippen LogP contribution is 2.29. The van der Waals surface area contributed by atoms with E-state index >= 15 is 0 Å². The van der Waals surface area contributed by atoms with Gasteiger partial charge < -0.3 is 25.5 Å². The number of carbonyl (C=O) groups excluding carboxylic acids is 5. The van der Waals surface area contributed by atoms with Crippen LogP contribution in [0.15, 0.2) is 54.7 Å². The minimum Gasteiger partial charge on any atom is -0.379 e. The van der Waals surface area contributed by atoms with Gasteiger partial charge in [0.2, 0.25) is 11.8 Å². The Labute approximate surface area is 307 Å². The largest absolute Gasteiger partial charge is 0.379 e. The fraction of sp³-hybridized carbons (Fsp3) is 0.382. The van der Waals surface area contributed by atoms with E-state index in [1.807, 2.05) is 25.1 Å². The molecule has 0 unspecified atom stereocenters. The Bertz CT molecular complexity index is 1680. The van der Waals surface area contributed by atoms with Crippen LogP contribution in [0.2, 0.25) is 5.02 Å². The Kier molecular flexibility index (Phi) is 16.8. The van der Waals surface area contributed by atoms with E-state index in [0.29, 0.717) is 69.6 Å². The van der Waals surface area contributed by atoms with Gasteiger partial charge in [0.1, 0.15) is 0 Å². The summed E-state index contributed by atoms with van der Waals surface area (Å²) >= 11 is 13.6. The lowest BCUT2D eigenvalue weighted by atomic mass is 10.1. The molecule has 50 heavy (non-hydrogen) atoms. The van der Waals surface area contributed by atoms with Gasteiger partial charge in [-0.3, -0.25) is 33.4 Å². The predicted molar refractivity (Wildman–Crippen MR) is 198 cm³/mol. The van der Waals surface area contributed by atoms with Gasteiger partial charge in [0.05, 0.1) is 50.5 Å². The second kappa shape index (κ2) is 20.7. The van der Waals surface area contributed by atoms with E-state index in [4.69, 9.17) is 20.6 Å². The number of carbonyl (C=O) groups is 5. The van der Waals surface area contributed by atoms with Gasteiger partial charge >= 0.3 is 0 Å². The summed E-state index contributed by atoms with van der Waals surface area (Å²) in [5, 5.41) is 12.9. The lowest BCUT2D eigenvalue weighted by Crippen LogP contribution is -2.46. The molecule has 1 aromatic heterocycles. The maximum atomic E-state index is 13.8. The molecule has 13 nitrogen and oxygen atoms in total. The Morgan fingerprint density at radius 1 is 0.880 bits per heavy atom. The van der Waals surface area contributed by atoms with Crippen molar-refractivity contribution in [2.75, 3.05) is 51.7 Å². The standard InChI is InChI=1S/C34H43ClN6O7S2/c1-22-6-11-29-28(16-22)27(24(3)40(29)34(46)25-7-9-26(35)10-8-25)17-32(44)41(47-14-4-12-36-13-5-15-48-50)33(45)20-39-30(42)19-37-23(2)18-38-31(43)21-49/h6-11,16,36-37,49-50H,2,4-5,12-15,17-21H2,1,3H3,(H,38,43)(H,39,42). The highest BCUT2D eigenvalue weighted by Gasteiger charge is 2.27. The molecule has 0 spiro atoms. The monoisotopic (exact) mass is 746 g/mol. The number of imide groups is 1. The molecule has 0 atom stereocenters. The fourth-order valence-corrected chi connectivity index (χ4v) is 5.25. The molecule has 0 fully saturated rings. The van der Waals surface area contributed by atoms with Crippen LogP contribution < -0.4 is 21.3 Å². The van der Waals surface area contributed by atoms with E-state index in [1.54, 1.807) is 35.8 Å². The van der Waals surface area contributed by atoms with Gasteiger partial charge in [-0.25, -0.2) is 0 Å². The first-order chi connectivity index (χ1) is 24.0. The van der Waals surface area contributed by atoms with Crippen LogP contribution in [0.25, 0.3) is 10.9 Å². The van der Waals surface area contributed by atoms with Crippen LogP contribution >= 0.6 is 37.1 Å². The number of fused-ring (bicyclic) bond motifs is 1. The number of hydrogen-bond donors (Lipinski definition) is 6. The Morgan fingerprint density at radius 3 is 2.24 bits per heavy atom. The molecule has 4 amide bonds. The molecule has 4 N–H and O–H groups in total. The number of benzene rings is 2. The Hall–Kier alpha value is -3.86. The van der Waals surface area contributed by atoms with Crippen LogP contribution in [-0.2, 0) is 34.6 Å². The van der Waals surface area contributed by atoms with Crippen molar-refractivity contribution >= 4 is 77.6 Å². The number of thiol groups is 2. The molecule has 16 heteroatoms. The van der Waals surface area contributed by atoms with Gasteiger partial charge in [0.25, 0.3) is 17.7 Å². The summed E-state index contributed by atoms with van der Waals surface area (Å²) in [5.41, 5.74) is 3.41. The van der Waals surface area contributed by atoms with E-state index in [2.05, 4.69) is 53.4 Å². The van der Waals surface area contributed by atoms with Crippen LogP contribution in [0.4, 0.5) is 0 Å². The van der Waals surface area contributed by atoms with Gasteiger partial charge in [-0.15, -0.1) is 0 Å². The van der Waals surface area contributed by atoms with Crippen molar-refractivity contribution in [3.63, 3.8) is 0 Å². The summed E-state index contributed by atoms with van der Waals surface area (Å²) in [4.78, 5) is 70.5. The molecule has 0 aliphatic heterocycles. The number of halogens is 1. The maximum Gasteiger partial charge on any atom is 0.272 e. The fourth-order valence-electron chi connectivity index (χ4n) is 4.89. The number of nitrogens with zero attached hydrogens (tertiary/aromatic N) is 2. The highest BCUT2D eigenvalue weighted by atomic mass is 35.5. The molecule has 0 aliphatic rings. The van der Waals surface area contributed by atoms with Gasteiger partial charge in [-0.2, -0.15) is 17.7 Å². The van der Waals surface area contributed by atoms with Crippen LogP contribution in [0.5, 0.6) is 0 Å². The van der Waals surface area contributed by atoms with Gasteiger partial charge in [-0.05, 0) is 94.6 Å². The lowest BCUT2D eigenvalue weighted by Gasteiger charge is -2.21. The smallest absolute Gasteiger partial charge is 0.272 e. The minimum atomic E-state index is -0.781. The summed E-state index contributed by atoms with van der Waals surface area (Å²) in [5.74, 6) is -2.57. The van der Waals surface area contributed by atoms with Gasteiger partial charge in [-0.1, -0.05) is 29.8 Å². The minimum absolute atomic E-state index is 0.0122. The van der Waals surface area contributed by atoms with E-state index < -0.39 is 24.3 Å². The van der Waals surface area contributed by atoms with Crippen LogP contribution in [0, 0.1) is 13.8 Å². The zero-order chi connectivity index (χ0) is 36.6. The third-order valence-corrected chi connectivity index (χ3v) is 8.17. The molecule has 270 valence electrons. The molecule has 2 aromatic carbocycles. The number of nitrogens with one attached hydrogen (secondary N) is 4. The molecule has 0 radical (unpaired) electrons. The lowest BCUT2D eigenvalue weighted by molar-refractivity contribution is -0.194.